The van der Waals surface area contributed by atoms with Crippen LogP contribution in [0.1, 0.15) is 19.3 Å². The predicted octanol–water partition coefficient (Wildman–Crippen LogP) is 0.936. The van der Waals surface area contributed by atoms with Crippen LogP contribution in [0, 0.1) is 11.8 Å². The van der Waals surface area contributed by atoms with E-state index in [4.69, 9.17) is 0 Å². The summed E-state index contributed by atoms with van der Waals surface area (Å²) < 4.78 is 0. The molecular formula is C10H20N2. The molecule has 2 nitrogen and oxygen atoms in total. The van der Waals surface area contributed by atoms with Crippen LogP contribution < -0.4 is 5.32 Å². The van der Waals surface area contributed by atoms with Gasteiger partial charge in [0.2, 0.25) is 0 Å². The van der Waals surface area contributed by atoms with E-state index in [2.05, 4.69) is 24.3 Å². The summed E-state index contributed by atoms with van der Waals surface area (Å²) in [5.41, 5.74) is 0. The van der Waals surface area contributed by atoms with Crippen LogP contribution in [0.5, 0.6) is 0 Å². The molecule has 2 rings (SSSR count). The summed E-state index contributed by atoms with van der Waals surface area (Å²) >= 11 is 0. The van der Waals surface area contributed by atoms with Crippen LogP contribution >= 0.6 is 0 Å². The maximum absolute atomic E-state index is 3.51. The Kier molecular flexibility index (Phi) is 2.37. The fourth-order valence-electron chi connectivity index (χ4n) is 2.74. The van der Waals surface area contributed by atoms with Gasteiger partial charge in [0.05, 0.1) is 0 Å². The Balaban J connectivity index is 1.92. The fourth-order valence-corrected chi connectivity index (χ4v) is 2.74. The van der Waals surface area contributed by atoms with Crippen molar-refractivity contribution in [1.82, 2.24) is 10.2 Å². The van der Waals surface area contributed by atoms with E-state index < -0.39 is 0 Å². The first kappa shape index (κ1) is 8.52. The Labute approximate surface area is 75.3 Å². The minimum Gasteiger partial charge on any atom is -0.316 e. The summed E-state index contributed by atoms with van der Waals surface area (Å²) in [6.07, 6.45) is 4.28. The van der Waals surface area contributed by atoms with Crippen molar-refractivity contribution < 1.29 is 0 Å². The number of hydrogen-bond donors (Lipinski definition) is 1. The molecule has 12 heavy (non-hydrogen) atoms. The van der Waals surface area contributed by atoms with E-state index in [0.717, 1.165) is 17.9 Å². The van der Waals surface area contributed by atoms with E-state index in [1.54, 1.807) is 0 Å². The van der Waals surface area contributed by atoms with Crippen molar-refractivity contribution in [1.29, 1.82) is 0 Å². The Hall–Kier alpha value is -0.0800. The second kappa shape index (κ2) is 3.35. The molecule has 1 N–H and O–H groups in total. The highest BCUT2D eigenvalue weighted by Gasteiger charge is 2.34. The highest BCUT2D eigenvalue weighted by atomic mass is 15.1. The summed E-state index contributed by atoms with van der Waals surface area (Å²) in [7, 11) is 4.43. The minimum atomic E-state index is 0.853. The molecular weight excluding hydrogens is 148 g/mol. The Morgan fingerprint density at radius 2 is 1.83 bits per heavy atom. The zero-order valence-corrected chi connectivity index (χ0v) is 8.21. The second-order valence-corrected chi connectivity index (χ2v) is 4.61. The van der Waals surface area contributed by atoms with Gasteiger partial charge in [-0.15, -0.1) is 0 Å². The number of hydrogen-bond acceptors (Lipinski definition) is 2. The minimum absolute atomic E-state index is 0.853. The third-order valence-electron chi connectivity index (χ3n) is 3.66. The molecule has 0 spiro atoms. The first-order valence-electron chi connectivity index (χ1n) is 5.14. The maximum Gasteiger partial charge on any atom is 0.00925 e. The van der Waals surface area contributed by atoms with Gasteiger partial charge in [0.25, 0.3) is 0 Å². The molecule has 2 heteroatoms. The summed E-state index contributed by atoms with van der Waals surface area (Å²) in [5.74, 6) is 1.98. The molecule has 1 unspecified atom stereocenters. The molecule has 2 fully saturated rings. The van der Waals surface area contributed by atoms with Gasteiger partial charge in [0.15, 0.2) is 0 Å². The fraction of sp³-hybridized carbons (Fsp3) is 1.00. The number of fused-ring (bicyclic) bond motifs is 1. The van der Waals surface area contributed by atoms with Gasteiger partial charge in [0.1, 0.15) is 0 Å². The Morgan fingerprint density at radius 3 is 2.58 bits per heavy atom. The lowest BCUT2D eigenvalue weighted by Crippen LogP contribution is -2.36. The summed E-state index contributed by atoms with van der Waals surface area (Å²) in [4.78, 5) is 2.40. The van der Waals surface area contributed by atoms with E-state index in [9.17, 15) is 0 Å². The van der Waals surface area contributed by atoms with Gasteiger partial charge in [-0.25, -0.2) is 0 Å². The molecule has 1 saturated carbocycles. The monoisotopic (exact) mass is 168 g/mol. The molecule has 0 aromatic rings. The SMILES string of the molecule is CN(C)C1CC[C@H]2CNC[C@H]2C1. The van der Waals surface area contributed by atoms with Crippen LogP contribution in [0.15, 0.2) is 0 Å². The topological polar surface area (TPSA) is 15.3 Å². The lowest BCUT2D eigenvalue weighted by molar-refractivity contribution is 0.162. The van der Waals surface area contributed by atoms with Crippen LogP contribution in [-0.4, -0.2) is 38.1 Å². The lowest BCUT2D eigenvalue weighted by atomic mass is 9.79. The van der Waals surface area contributed by atoms with E-state index in [-0.39, 0.29) is 0 Å². The van der Waals surface area contributed by atoms with Crippen LogP contribution in [0.4, 0.5) is 0 Å². The zero-order chi connectivity index (χ0) is 8.55. The molecule has 1 aliphatic heterocycles. The van der Waals surface area contributed by atoms with Gasteiger partial charge in [-0.2, -0.15) is 0 Å². The number of nitrogens with zero attached hydrogens (tertiary/aromatic N) is 1. The molecule has 0 aromatic carbocycles. The van der Waals surface area contributed by atoms with Crippen LogP contribution in [0.25, 0.3) is 0 Å². The molecule has 1 saturated heterocycles. The van der Waals surface area contributed by atoms with Crippen molar-refractivity contribution in [2.45, 2.75) is 25.3 Å². The smallest absolute Gasteiger partial charge is 0.00925 e. The van der Waals surface area contributed by atoms with Gasteiger partial charge in [-0.1, -0.05) is 0 Å². The average Bonchev–Trinajstić information content (AvgIpc) is 2.49. The van der Waals surface area contributed by atoms with Gasteiger partial charge in [-0.3, -0.25) is 0 Å². The van der Waals surface area contributed by atoms with Crippen molar-refractivity contribution in [2.24, 2.45) is 11.8 Å². The molecule has 70 valence electrons. The Morgan fingerprint density at radius 1 is 1.08 bits per heavy atom. The molecule has 3 atom stereocenters. The lowest BCUT2D eigenvalue weighted by Gasteiger charge is -2.34. The maximum atomic E-state index is 3.51. The predicted molar refractivity (Wildman–Crippen MR) is 51.2 cm³/mol. The second-order valence-electron chi connectivity index (χ2n) is 4.61. The van der Waals surface area contributed by atoms with Crippen LogP contribution in [0.2, 0.25) is 0 Å². The van der Waals surface area contributed by atoms with Crippen molar-refractivity contribution in [3.05, 3.63) is 0 Å². The van der Waals surface area contributed by atoms with Crippen molar-refractivity contribution >= 4 is 0 Å². The third-order valence-corrected chi connectivity index (χ3v) is 3.66. The molecule has 2 aliphatic rings. The average molecular weight is 168 g/mol. The van der Waals surface area contributed by atoms with Crippen molar-refractivity contribution in [2.75, 3.05) is 27.2 Å². The van der Waals surface area contributed by atoms with Crippen LogP contribution in [-0.2, 0) is 0 Å². The van der Waals surface area contributed by atoms with E-state index in [1.807, 2.05) is 0 Å². The quantitative estimate of drug-likeness (QED) is 0.627. The third kappa shape index (κ3) is 1.50. The van der Waals surface area contributed by atoms with Gasteiger partial charge >= 0.3 is 0 Å². The highest BCUT2D eigenvalue weighted by molar-refractivity contribution is 4.89. The van der Waals surface area contributed by atoms with E-state index in [1.165, 1.54) is 32.4 Å². The molecule has 0 amide bonds. The van der Waals surface area contributed by atoms with Crippen LogP contribution in [0.3, 0.4) is 0 Å². The van der Waals surface area contributed by atoms with E-state index in [0.29, 0.717) is 0 Å². The standard InChI is InChI=1S/C10H20N2/c1-12(2)10-4-3-8-6-11-7-9(8)5-10/h8-11H,3-7H2,1-2H3/t8-,9+,10?/m0/s1. The number of rotatable bonds is 1. The first-order valence-corrected chi connectivity index (χ1v) is 5.14. The zero-order valence-electron chi connectivity index (χ0n) is 8.21. The van der Waals surface area contributed by atoms with Gasteiger partial charge < -0.3 is 10.2 Å². The molecule has 0 radical (unpaired) electrons. The Bertz CT molecular complexity index is 156. The van der Waals surface area contributed by atoms with Gasteiger partial charge in [-0.05, 0) is 58.3 Å². The molecule has 0 aromatic heterocycles. The summed E-state index contributed by atoms with van der Waals surface area (Å²) in [5, 5.41) is 3.51. The molecule has 1 aliphatic carbocycles. The first-order chi connectivity index (χ1) is 5.77. The van der Waals surface area contributed by atoms with Crippen molar-refractivity contribution in [3.8, 4) is 0 Å². The largest absolute Gasteiger partial charge is 0.316 e. The van der Waals surface area contributed by atoms with E-state index >= 15 is 0 Å². The summed E-state index contributed by atoms with van der Waals surface area (Å²) in [6.45, 7) is 2.56. The highest BCUT2D eigenvalue weighted by Crippen LogP contribution is 2.33. The summed E-state index contributed by atoms with van der Waals surface area (Å²) in [6, 6.07) is 0.853. The molecule has 1 heterocycles. The molecule has 0 bridgehead atoms. The number of nitrogens with one attached hydrogen (secondary N) is 1. The normalized spacial score (nSPS) is 41.8. The van der Waals surface area contributed by atoms with Crippen molar-refractivity contribution in [3.63, 3.8) is 0 Å². The van der Waals surface area contributed by atoms with Gasteiger partial charge in [0, 0.05) is 6.04 Å².